The lowest BCUT2D eigenvalue weighted by Gasteiger charge is -2.19. The van der Waals surface area contributed by atoms with Crippen LogP contribution in [0.1, 0.15) is 29.2 Å². The first kappa shape index (κ1) is 22.3. The summed E-state index contributed by atoms with van der Waals surface area (Å²) in [7, 11) is 0. The Bertz CT molecular complexity index is 1480. The predicted molar refractivity (Wildman–Crippen MR) is 139 cm³/mol. The highest BCUT2D eigenvalue weighted by molar-refractivity contribution is 5.68. The molecule has 0 amide bonds. The van der Waals surface area contributed by atoms with Crippen molar-refractivity contribution in [2.75, 3.05) is 30.7 Å². The zero-order valence-corrected chi connectivity index (χ0v) is 20.3. The Kier molecular flexibility index (Phi) is 5.37. The molecular formula is C27H28FN9. The minimum Gasteiger partial charge on any atom is -0.368 e. The summed E-state index contributed by atoms with van der Waals surface area (Å²) in [5.74, 6) is 1.68. The van der Waals surface area contributed by atoms with E-state index in [4.69, 9.17) is 5.73 Å². The van der Waals surface area contributed by atoms with E-state index in [0.717, 1.165) is 55.7 Å². The summed E-state index contributed by atoms with van der Waals surface area (Å²) in [5, 5.41) is 23.4. The van der Waals surface area contributed by atoms with E-state index in [1.165, 1.54) is 16.3 Å². The van der Waals surface area contributed by atoms with E-state index in [2.05, 4.69) is 54.4 Å². The van der Waals surface area contributed by atoms with Gasteiger partial charge in [-0.2, -0.15) is 9.67 Å². The molecule has 2 saturated heterocycles. The van der Waals surface area contributed by atoms with Gasteiger partial charge in [0.15, 0.2) is 5.82 Å². The molecule has 7 rings (SSSR count). The smallest absolute Gasteiger partial charge is 0.248 e. The van der Waals surface area contributed by atoms with E-state index in [0.29, 0.717) is 28.9 Å². The van der Waals surface area contributed by atoms with Crippen LogP contribution >= 0.6 is 0 Å². The number of hydrogen-bond acceptors (Lipinski definition) is 8. The molecule has 4 heterocycles. The van der Waals surface area contributed by atoms with Crippen LogP contribution in [0.3, 0.4) is 0 Å². The zero-order valence-electron chi connectivity index (χ0n) is 20.3. The molecule has 4 aromatic rings. The Morgan fingerprint density at radius 3 is 2.81 bits per heavy atom. The number of halogens is 1. The number of aryl methyl sites for hydroxylation is 2. The monoisotopic (exact) mass is 497 g/mol. The lowest BCUT2D eigenvalue weighted by atomic mass is 9.89. The summed E-state index contributed by atoms with van der Waals surface area (Å²) in [4.78, 5) is 4.33. The quantitative estimate of drug-likeness (QED) is 0.340. The largest absolute Gasteiger partial charge is 0.368 e. The molecule has 9 nitrogen and oxygen atoms in total. The standard InChI is InChI=1S/C27H28FN9/c28-22-11-18(8-9-20(22)25-21-14-30-12-17(21)13-31-25)32-27-33-26(29)37(36-27)23-10-16-6-3-5-15-4-1-2-7-19(15)24(16)35-34-23/h1-2,4,7-11,17,21,25,30-31H,3,5-6,12-14H2,(H3,29,32,33,36). The second kappa shape index (κ2) is 8.89. The van der Waals surface area contributed by atoms with Crippen molar-refractivity contribution in [2.45, 2.75) is 25.3 Å². The van der Waals surface area contributed by atoms with Crippen LogP contribution in [0.5, 0.6) is 0 Å². The van der Waals surface area contributed by atoms with Gasteiger partial charge in [-0.05, 0) is 67.0 Å². The van der Waals surface area contributed by atoms with Gasteiger partial charge >= 0.3 is 0 Å². The number of nitrogens with one attached hydrogen (secondary N) is 3. The molecule has 2 aromatic carbocycles. The maximum Gasteiger partial charge on any atom is 0.248 e. The van der Waals surface area contributed by atoms with Crippen LogP contribution in [0.15, 0.2) is 48.5 Å². The second-order valence-electron chi connectivity index (χ2n) is 10.1. The third-order valence-corrected chi connectivity index (χ3v) is 7.89. The Hall–Kier alpha value is -3.89. The van der Waals surface area contributed by atoms with Gasteiger partial charge in [0.05, 0.1) is 5.69 Å². The second-order valence-corrected chi connectivity index (χ2v) is 10.1. The first-order valence-corrected chi connectivity index (χ1v) is 12.8. The van der Waals surface area contributed by atoms with E-state index >= 15 is 4.39 Å². The van der Waals surface area contributed by atoms with Crippen LogP contribution in [0.2, 0.25) is 0 Å². The first-order chi connectivity index (χ1) is 18.1. The van der Waals surface area contributed by atoms with Crippen LogP contribution in [0.25, 0.3) is 17.1 Å². The molecule has 2 aromatic heterocycles. The fraction of sp³-hybridized carbons (Fsp3) is 0.333. The van der Waals surface area contributed by atoms with Crippen molar-refractivity contribution in [1.82, 2.24) is 35.6 Å². The molecule has 3 unspecified atom stereocenters. The zero-order chi connectivity index (χ0) is 24.9. The van der Waals surface area contributed by atoms with Crippen LogP contribution in [0, 0.1) is 17.7 Å². The van der Waals surface area contributed by atoms with Crippen LogP contribution < -0.4 is 21.7 Å². The Morgan fingerprint density at radius 2 is 1.89 bits per heavy atom. The van der Waals surface area contributed by atoms with Gasteiger partial charge < -0.3 is 21.7 Å². The van der Waals surface area contributed by atoms with Gasteiger partial charge in [0.1, 0.15) is 5.82 Å². The lowest BCUT2D eigenvalue weighted by molar-refractivity contribution is 0.435. The van der Waals surface area contributed by atoms with Crippen molar-refractivity contribution in [3.8, 4) is 17.1 Å². The number of fused-ring (bicyclic) bond motifs is 4. The van der Waals surface area contributed by atoms with Gasteiger partial charge in [-0.15, -0.1) is 15.3 Å². The minimum absolute atomic E-state index is 0.0285. The van der Waals surface area contributed by atoms with Crippen LogP contribution in [-0.4, -0.2) is 44.6 Å². The van der Waals surface area contributed by atoms with Gasteiger partial charge in [-0.1, -0.05) is 30.3 Å². The molecule has 10 heteroatoms. The molecule has 2 aliphatic heterocycles. The summed E-state index contributed by atoms with van der Waals surface area (Å²) < 4.78 is 16.6. The van der Waals surface area contributed by atoms with Crippen molar-refractivity contribution in [1.29, 1.82) is 0 Å². The van der Waals surface area contributed by atoms with Crippen molar-refractivity contribution in [2.24, 2.45) is 11.8 Å². The fourth-order valence-electron chi connectivity index (χ4n) is 6.05. The average molecular weight is 498 g/mol. The maximum atomic E-state index is 15.1. The van der Waals surface area contributed by atoms with Crippen molar-refractivity contribution < 1.29 is 4.39 Å². The number of aromatic nitrogens is 5. The van der Waals surface area contributed by atoms with E-state index in [9.17, 15) is 0 Å². The summed E-state index contributed by atoms with van der Waals surface area (Å²) in [6.45, 7) is 2.83. The number of hydrogen-bond donors (Lipinski definition) is 4. The minimum atomic E-state index is -0.251. The average Bonchev–Trinajstić information content (AvgIpc) is 3.58. The highest BCUT2D eigenvalue weighted by Crippen LogP contribution is 2.37. The third-order valence-electron chi connectivity index (χ3n) is 7.89. The molecule has 2 fully saturated rings. The molecule has 0 saturated carbocycles. The van der Waals surface area contributed by atoms with Gasteiger partial charge in [-0.25, -0.2) is 4.39 Å². The number of nitrogens with two attached hydrogens (primary N) is 1. The highest BCUT2D eigenvalue weighted by atomic mass is 19.1. The van der Waals surface area contributed by atoms with E-state index in [1.54, 1.807) is 0 Å². The molecule has 188 valence electrons. The fourth-order valence-corrected chi connectivity index (χ4v) is 6.05. The lowest BCUT2D eigenvalue weighted by Crippen LogP contribution is -2.24. The Balaban J connectivity index is 1.13. The molecule has 3 atom stereocenters. The SMILES string of the molecule is Nc1nc(Nc2ccc(C3NCC4CNCC43)c(F)c2)nn1-c1cc2c(nn1)-c1ccccc1CCC2. The predicted octanol–water partition coefficient (Wildman–Crippen LogP) is 3.16. The van der Waals surface area contributed by atoms with Gasteiger partial charge in [0.25, 0.3) is 0 Å². The summed E-state index contributed by atoms with van der Waals surface area (Å²) in [6.07, 6.45) is 2.93. The normalized spacial score (nSPS) is 22.2. The van der Waals surface area contributed by atoms with Crippen molar-refractivity contribution in [3.05, 3.63) is 71.0 Å². The summed E-state index contributed by atoms with van der Waals surface area (Å²) in [5.41, 5.74) is 11.9. The Morgan fingerprint density at radius 1 is 1.00 bits per heavy atom. The molecular weight excluding hydrogens is 469 g/mol. The molecule has 37 heavy (non-hydrogen) atoms. The third kappa shape index (κ3) is 3.93. The molecule has 3 aliphatic rings. The van der Waals surface area contributed by atoms with Gasteiger partial charge in [0.2, 0.25) is 11.9 Å². The molecule has 0 spiro atoms. The highest BCUT2D eigenvalue weighted by Gasteiger charge is 2.40. The first-order valence-electron chi connectivity index (χ1n) is 12.8. The topological polar surface area (TPSA) is 119 Å². The van der Waals surface area contributed by atoms with Gasteiger partial charge in [0, 0.05) is 35.9 Å². The molecule has 5 N–H and O–H groups in total. The van der Waals surface area contributed by atoms with Crippen molar-refractivity contribution in [3.63, 3.8) is 0 Å². The molecule has 0 radical (unpaired) electrons. The number of nitrogen functional groups attached to an aromatic ring is 1. The number of nitrogens with zero attached hydrogens (tertiary/aromatic N) is 5. The molecule has 0 bridgehead atoms. The van der Waals surface area contributed by atoms with Gasteiger partial charge in [-0.3, -0.25) is 0 Å². The van der Waals surface area contributed by atoms with E-state index < -0.39 is 0 Å². The number of benzene rings is 2. The number of rotatable bonds is 4. The van der Waals surface area contributed by atoms with Crippen molar-refractivity contribution >= 4 is 17.6 Å². The summed E-state index contributed by atoms with van der Waals surface area (Å²) in [6, 6.07) is 15.5. The van der Waals surface area contributed by atoms with E-state index in [1.807, 2.05) is 24.3 Å². The number of anilines is 3. The maximum absolute atomic E-state index is 15.1. The summed E-state index contributed by atoms with van der Waals surface area (Å²) >= 11 is 0. The van der Waals surface area contributed by atoms with E-state index in [-0.39, 0.29) is 23.8 Å². The van der Waals surface area contributed by atoms with Crippen LogP contribution in [-0.2, 0) is 12.8 Å². The Labute approximate surface area is 213 Å². The van der Waals surface area contributed by atoms with Crippen LogP contribution in [0.4, 0.5) is 22.0 Å². The molecule has 1 aliphatic carbocycles.